The van der Waals surface area contributed by atoms with Crippen LogP contribution in [0.3, 0.4) is 0 Å². The van der Waals surface area contributed by atoms with Crippen molar-refractivity contribution in [2.75, 3.05) is 26.3 Å². The summed E-state index contributed by atoms with van der Waals surface area (Å²) < 4.78 is 5.41. The quantitative estimate of drug-likeness (QED) is 0.623. The van der Waals surface area contributed by atoms with E-state index in [4.69, 9.17) is 10.5 Å². The molecule has 3 saturated heterocycles. The molecule has 0 aromatic heterocycles. The van der Waals surface area contributed by atoms with Crippen LogP contribution in [0.4, 0.5) is 0 Å². The van der Waals surface area contributed by atoms with Crippen LogP contribution < -0.4 is 5.73 Å². The third-order valence-electron chi connectivity index (χ3n) is 4.05. The fraction of sp³-hybridized carbons (Fsp3) is 1.00. The number of nitrogens with zero attached hydrogens (tertiary/aromatic N) is 1. The molecule has 1 aliphatic carbocycles. The molecule has 0 spiro atoms. The van der Waals surface area contributed by atoms with Gasteiger partial charge in [-0.25, -0.2) is 0 Å². The zero-order chi connectivity index (χ0) is 8.84. The fourth-order valence-electron chi connectivity index (χ4n) is 3.07. The Labute approximate surface area is 79.2 Å². The van der Waals surface area contributed by atoms with Crippen molar-refractivity contribution in [1.82, 2.24) is 4.90 Å². The molecule has 3 heteroatoms. The second kappa shape index (κ2) is 2.94. The van der Waals surface area contributed by atoms with Gasteiger partial charge in [-0.3, -0.25) is 4.90 Å². The molecule has 4 rings (SSSR count). The number of hydrogen-bond acceptors (Lipinski definition) is 3. The minimum absolute atomic E-state index is 0.513. The average molecular weight is 182 g/mol. The summed E-state index contributed by atoms with van der Waals surface area (Å²) in [6, 6.07) is 1.22. The lowest BCUT2D eigenvalue weighted by Crippen LogP contribution is -2.63. The largest absolute Gasteiger partial charge is 0.380 e. The Hall–Kier alpha value is -0.120. The van der Waals surface area contributed by atoms with E-state index in [0.717, 1.165) is 25.0 Å². The van der Waals surface area contributed by atoms with Crippen LogP contribution in [0.25, 0.3) is 0 Å². The summed E-state index contributed by atoms with van der Waals surface area (Å²) >= 11 is 0. The Morgan fingerprint density at radius 1 is 1.23 bits per heavy atom. The summed E-state index contributed by atoms with van der Waals surface area (Å²) in [7, 11) is 0. The van der Waals surface area contributed by atoms with Crippen LogP contribution in [-0.2, 0) is 4.74 Å². The van der Waals surface area contributed by atoms with E-state index in [2.05, 4.69) is 4.90 Å². The maximum atomic E-state index is 6.03. The van der Waals surface area contributed by atoms with Crippen molar-refractivity contribution in [3.63, 3.8) is 0 Å². The molecular weight excluding hydrogens is 164 g/mol. The summed E-state index contributed by atoms with van der Waals surface area (Å²) in [5.74, 6) is 1.58. The minimum Gasteiger partial charge on any atom is -0.380 e. The van der Waals surface area contributed by atoms with Gasteiger partial charge in [-0.1, -0.05) is 0 Å². The first-order valence-corrected chi connectivity index (χ1v) is 5.42. The number of ether oxygens (including phenoxy) is 1. The third kappa shape index (κ3) is 1.22. The average Bonchev–Trinajstić information content (AvgIpc) is 2.70. The summed E-state index contributed by atoms with van der Waals surface area (Å²) in [4.78, 5) is 2.61. The molecule has 3 aliphatic heterocycles. The standard InChI is InChI=1S/C10H18N2O/c11-10-7-3-8(10)5-12(4-7)9-1-2-13-6-9/h7-10H,1-6,11H2. The van der Waals surface area contributed by atoms with E-state index in [1.54, 1.807) is 0 Å². The molecule has 4 fully saturated rings. The molecule has 3 atom stereocenters. The number of rotatable bonds is 1. The molecule has 0 aromatic rings. The van der Waals surface area contributed by atoms with Crippen LogP contribution >= 0.6 is 0 Å². The van der Waals surface area contributed by atoms with Crippen molar-refractivity contribution in [1.29, 1.82) is 0 Å². The summed E-state index contributed by atoms with van der Waals surface area (Å²) in [6.45, 7) is 4.37. The molecule has 3 heterocycles. The molecule has 0 radical (unpaired) electrons. The first-order chi connectivity index (χ1) is 6.34. The van der Waals surface area contributed by atoms with Crippen molar-refractivity contribution in [2.24, 2.45) is 17.6 Å². The van der Waals surface area contributed by atoms with E-state index in [9.17, 15) is 0 Å². The fourth-order valence-corrected chi connectivity index (χ4v) is 3.07. The van der Waals surface area contributed by atoms with E-state index in [-0.39, 0.29) is 0 Å². The van der Waals surface area contributed by atoms with Gasteiger partial charge in [0, 0.05) is 31.8 Å². The highest BCUT2D eigenvalue weighted by Gasteiger charge is 2.46. The maximum absolute atomic E-state index is 6.03. The zero-order valence-electron chi connectivity index (χ0n) is 7.98. The predicted octanol–water partition coefficient (Wildman–Crippen LogP) is 0.0543. The number of piperidine rings is 2. The van der Waals surface area contributed by atoms with Crippen LogP contribution in [0.1, 0.15) is 12.8 Å². The van der Waals surface area contributed by atoms with Gasteiger partial charge in [0.1, 0.15) is 0 Å². The normalized spacial score (nSPS) is 50.5. The lowest BCUT2D eigenvalue weighted by molar-refractivity contribution is -0.0211. The highest BCUT2D eigenvalue weighted by Crippen LogP contribution is 2.39. The lowest BCUT2D eigenvalue weighted by Gasteiger charge is -2.53. The number of nitrogens with two attached hydrogens (primary N) is 1. The molecule has 74 valence electrons. The Balaban J connectivity index is 1.62. The number of hydrogen-bond donors (Lipinski definition) is 1. The SMILES string of the molecule is NC1C2CC1CN(C1CCOC1)C2. The second-order valence-corrected chi connectivity index (χ2v) is 4.80. The molecule has 3 nitrogen and oxygen atoms in total. The van der Waals surface area contributed by atoms with Gasteiger partial charge in [-0.05, 0) is 24.7 Å². The van der Waals surface area contributed by atoms with Crippen molar-refractivity contribution >= 4 is 0 Å². The van der Waals surface area contributed by atoms with Crippen molar-refractivity contribution < 1.29 is 4.74 Å². The van der Waals surface area contributed by atoms with E-state index >= 15 is 0 Å². The van der Waals surface area contributed by atoms with Gasteiger partial charge < -0.3 is 10.5 Å². The van der Waals surface area contributed by atoms with Crippen molar-refractivity contribution in [3.05, 3.63) is 0 Å². The Morgan fingerprint density at radius 2 is 2.00 bits per heavy atom. The highest BCUT2D eigenvalue weighted by atomic mass is 16.5. The molecule has 3 unspecified atom stereocenters. The monoisotopic (exact) mass is 182 g/mol. The van der Waals surface area contributed by atoms with E-state index in [0.29, 0.717) is 12.1 Å². The van der Waals surface area contributed by atoms with Crippen molar-refractivity contribution in [3.8, 4) is 0 Å². The third-order valence-corrected chi connectivity index (χ3v) is 4.05. The Kier molecular flexibility index (Phi) is 1.86. The molecule has 13 heavy (non-hydrogen) atoms. The van der Waals surface area contributed by atoms with Crippen LogP contribution in [-0.4, -0.2) is 43.3 Å². The first-order valence-electron chi connectivity index (χ1n) is 5.42. The predicted molar refractivity (Wildman–Crippen MR) is 50.4 cm³/mol. The van der Waals surface area contributed by atoms with E-state index in [1.807, 2.05) is 0 Å². The van der Waals surface area contributed by atoms with Crippen molar-refractivity contribution in [2.45, 2.75) is 24.9 Å². The van der Waals surface area contributed by atoms with Gasteiger partial charge >= 0.3 is 0 Å². The number of fused-ring (bicyclic) bond motifs is 2. The molecular formula is C10H18N2O. The molecule has 1 saturated carbocycles. The van der Waals surface area contributed by atoms with Gasteiger partial charge in [0.25, 0.3) is 0 Å². The topological polar surface area (TPSA) is 38.5 Å². The first kappa shape index (κ1) is 8.21. The summed E-state index contributed by atoms with van der Waals surface area (Å²) in [5, 5.41) is 0. The van der Waals surface area contributed by atoms with Gasteiger partial charge in [-0.15, -0.1) is 0 Å². The molecule has 0 aromatic carbocycles. The lowest BCUT2D eigenvalue weighted by atomic mass is 9.66. The van der Waals surface area contributed by atoms with Gasteiger partial charge in [0.2, 0.25) is 0 Å². The zero-order valence-corrected chi connectivity index (χ0v) is 7.98. The summed E-state index contributed by atoms with van der Waals surface area (Å²) in [5.41, 5.74) is 6.03. The Bertz CT molecular complexity index is 191. The highest BCUT2D eigenvalue weighted by molar-refractivity contribution is 5.01. The Morgan fingerprint density at radius 3 is 2.54 bits per heavy atom. The second-order valence-electron chi connectivity index (χ2n) is 4.80. The van der Waals surface area contributed by atoms with Crippen LogP contribution in [0.5, 0.6) is 0 Å². The van der Waals surface area contributed by atoms with Crippen LogP contribution in [0.15, 0.2) is 0 Å². The molecule has 4 aliphatic rings. The molecule has 2 bridgehead atoms. The van der Waals surface area contributed by atoms with E-state index < -0.39 is 0 Å². The van der Waals surface area contributed by atoms with Gasteiger partial charge in [0.05, 0.1) is 6.61 Å². The minimum atomic E-state index is 0.513. The van der Waals surface area contributed by atoms with Crippen LogP contribution in [0, 0.1) is 11.8 Å². The molecule has 0 amide bonds. The molecule has 2 N–H and O–H groups in total. The smallest absolute Gasteiger partial charge is 0.0622 e. The van der Waals surface area contributed by atoms with Crippen LogP contribution in [0.2, 0.25) is 0 Å². The maximum Gasteiger partial charge on any atom is 0.0622 e. The van der Waals surface area contributed by atoms with E-state index in [1.165, 1.54) is 25.9 Å². The summed E-state index contributed by atoms with van der Waals surface area (Å²) in [6.07, 6.45) is 2.61. The van der Waals surface area contributed by atoms with Gasteiger partial charge in [-0.2, -0.15) is 0 Å². The van der Waals surface area contributed by atoms with Gasteiger partial charge in [0.15, 0.2) is 0 Å².